The molecule has 0 bridgehead atoms. The second-order valence-corrected chi connectivity index (χ2v) is 6.01. The Morgan fingerprint density at radius 1 is 1.33 bits per heavy atom. The number of hydrogen-bond donors (Lipinski definition) is 1. The van der Waals surface area contributed by atoms with Gasteiger partial charge in [-0.2, -0.15) is 4.98 Å². The number of nitrogens with one attached hydrogen (secondary N) is 1. The third-order valence-electron chi connectivity index (χ3n) is 4.52. The van der Waals surface area contributed by atoms with Crippen molar-refractivity contribution in [2.75, 3.05) is 5.32 Å². The van der Waals surface area contributed by atoms with Crippen molar-refractivity contribution in [3.8, 4) is 0 Å². The van der Waals surface area contributed by atoms with Crippen LogP contribution in [-0.2, 0) is 0 Å². The van der Waals surface area contributed by atoms with Gasteiger partial charge in [0.05, 0.1) is 4.92 Å². The molecule has 112 valence electrons. The minimum atomic E-state index is -0.432. The Morgan fingerprint density at radius 2 is 2.14 bits per heavy atom. The summed E-state index contributed by atoms with van der Waals surface area (Å²) in [4.78, 5) is 14.8. The van der Waals surface area contributed by atoms with E-state index in [0.29, 0.717) is 29.1 Å². The fourth-order valence-electron chi connectivity index (χ4n) is 3.00. The summed E-state index contributed by atoms with van der Waals surface area (Å²) in [6.07, 6.45) is 3.33. The number of nitro benzene ring substituents is 1. The highest BCUT2D eigenvalue weighted by Gasteiger charge is 2.26. The third kappa shape index (κ3) is 2.70. The SMILES string of the molecule is CC1CCC(Nc2nc3c([N+](=O)[O-])cccc3o2)CC1C. The molecule has 6 nitrogen and oxygen atoms in total. The summed E-state index contributed by atoms with van der Waals surface area (Å²) in [5.74, 6) is 1.41. The summed E-state index contributed by atoms with van der Waals surface area (Å²) >= 11 is 0. The quantitative estimate of drug-likeness (QED) is 0.683. The van der Waals surface area contributed by atoms with E-state index < -0.39 is 4.92 Å². The van der Waals surface area contributed by atoms with Crippen molar-refractivity contribution in [1.82, 2.24) is 4.98 Å². The van der Waals surface area contributed by atoms with Crippen LogP contribution in [0.3, 0.4) is 0 Å². The molecule has 1 saturated carbocycles. The fraction of sp³-hybridized carbons (Fsp3) is 0.533. The molecule has 6 heteroatoms. The van der Waals surface area contributed by atoms with Crippen molar-refractivity contribution in [3.05, 3.63) is 28.3 Å². The molecule has 1 aromatic carbocycles. The van der Waals surface area contributed by atoms with Crippen LogP contribution in [-0.4, -0.2) is 15.9 Å². The summed E-state index contributed by atoms with van der Waals surface area (Å²) in [7, 11) is 0. The van der Waals surface area contributed by atoms with Crippen molar-refractivity contribution in [3.63, 3.8) is 0 Å². The van der Waals surface area contributed by atoms with E-state index in [9.17, 15) is 10.1 Å². The van der Waals surface area contributed by atoms with Gasteiger partial charge in [0.2, 0.25) is 0 Å². The molecule has 1 aliphatic rings. The Balaban J connectivity index is 1.82. The zero-order chi connectivity index (χ0) is 15.0. The molecule has 3 unspecified atom stereocenters. The van der Waals surface area contributed by atoms with Crippen molar-refractivity contribution >= 4 is 22.8 Å². The van der Waals surface area contributed by atoms with E-state index in [1.165, 1.54) is 12.5 Å². The Morgan fingerprint density at radius 3 is 2.86 bits per heavy atom. The van der Waals surface area contributed by atoms with Gasteiger partial charge < -0.3 is 9.73 Å². The zero-order valence-electron chi connectivity index (χ0n) is 12.2. The molecule has 1 heterocycles. The monoisotopic (exact) mass is 289 g/mol. The Labute approximate surface area is 122 Å². The molecule has 3 rings (SSSR count). The molecule has 1 N–H and O–H groups in total. The largest absolute Gasteiger partial charge is 0.423 e. The topological polar surface area (TPSA) is 81.2 Å². The number of fused-ring (bicyclic) bond motifs is 1. The number of hydrogen-bond acceptors (Lipinski definition) is 5. The van der Waals surface area contributed by atoms with Crippen molar-refractivity contribution in [2.45, 2.75) is 39.2 Å². The Bertz CT molecular complexity index is 667. The molecule has 0 spiro atoms. The first kappa shape index (κ1) is 13.9. The summed E-state index contributed by atoms with van der Waals surface area (Å²) in [6.45, 7) is 4.54. The molecule has 3 atom stereocenters. The summed E-state index contributed by atoms with van der Waals surface area (Å²) in [5, 5.41) is 14.3. The van der Waals surface area contributed by atoms with Crippen molar-refractivity contribution < 1.29 is 9.34 Å². The predicted octanol–water partition coefficient (Wildman–Crippen LogP) is 3.97. The maximum atomic E-state index is 11.0. The summed E-state index contributed by atoms with van der Waals surface area (Å²) in [6, 6.07) is 5.46. The van der Waals surface area contributed by atoms with E-state index in [2.05, 4.69) is 24.1 Å². The molecule has 1 fully saturated rings. The van der Waals surface area contributed by atoms with Crippen LogP contribution in [0.5, 0.6) is 0 Å². The first-order valence-corrected chi connectivity index (χ1v) is 7.35. The second-order valence-electron chi connectivity index (χ2n) is 6.01. The molecular formula is C15H19N3O3. The van der Waals surface area contributed by atoms with E-state index in [-0.39, 0.29) is 5.69 Å². The smallest absolute Gasteiger partial charge is 0.298 e. The van der Waals surface area contributed by atoms with Crippen LogP contribution in [0.1, 0.15) is 33.1 Å². The summed E-state index contributed by atoms with van der Waals surface area (Å²) < 4.78 is 5.60. The Hall–Kier alpha value is -2.11. The van der Waals surface area contributed by atoms with E-state index in [0.717, 1.165) is 18.8 Å². The van der Waals surface area contributed by atoms with Gasteiger partial charge in [-0.3, -0.25) is 10.1 Å². The van der Waals surface area contributed by atoms with Gasteiger partial charge in [-0.05, 0) is 37.2 Å². The van der Waals surface area contributed by atoms with Crippen molar-refractivity contribution in [2.24, 2.45) is 11.8 Å². The van der Waals surface area contributed by atoms with Gasteiger partial charge in [0, 0.05) is 12.1 Å². The van der Waals surface area contributed by atoms with Crippen LogP contribution in [0.2, 0.25) is 0 Å². The molecule has 2 aromatic rings. The minimum absolute atomic E-state index is 0.0186. The number of benzene rings is 1. The molecule has 0 saturated heterocycles. The molecule has 0 radical (unpaired) electrons. The highest BCUT2D eigenvalue weighted by atomic mass is 16.6. The zero-order valence-corrected chi connectivity index (χ0v) is 12.2. The van der Waals surface area contributed by atoms with Crippen LogP contribution < -0.4 is 5.32 Å². The summed E-state index contributed by atoms with van der Waals surface area (Å²) in [5.41, 5.74) is 0.737. The number of para-hydroxylation sites is 1. The number of rotatable bonds is 3. The first-order chi connectivity index (χ1) is 10.0. The van der Waals surface area contributed by atoms with E-state index in [1.807, 2.05) is 0 Å². The normalized spacial score (nSPS) is 25.9. The number of nitrogens with zero attached hydrogens (tertiary/aromatic N) is 2. The molecular weight excluding hydrogens is 270 g/mol. The van der Waals surface area contributed by atoms with Gasteiger partial charge in [-0.1, -0.05) is 19.9 Å². The molecule has 1 aliphatic carbocycles. The number of non-ortho nitro benzene ring substituents is 1. The van der Waals surface area contributed by atoms with Crippen LogP contribution in [0.15, 0.2) is 22.6 Å². The average molecular weight is 289 g/mol. The van der Waals surface area contributed by atoms with Gasteiger partial charge in [-0.15, -0.1) is 0 Å². The lowest BCUT2D eigenvalue weighted by atomic mass is 9.79. The van der Waals surface area contributed by atoms with Gasteiger partial charge in [0.25, 0.3) is 11.7 Å². The number of aromatic nitrogens is 1. The van der Waals surface area contributed by atoms with E-state index >= 15 is 0 Å². The predicted molar refractivity (Wildman–Crippen MR) is 80.3 cm³/mol. The van der Waals surface area contributed by atoms with Gasteiger partial charge >= 0.3 is 0 Å². The Kier molecular flexibility index (Phi) is 3.53. The van der Waals surface area contributed by atoms with Crippen LogP contribution in [0.4, 0.5) is 11.7 Å². The van der Waals surface area contributed by atoms with Crippen LogP contribution in [0.25, 0.3) is 11.1 Å². The van der Waals surface area contributed by atoms with E-state index in [4.69, 9.17) is 4.42 Å². The lowest BCUT2D eigenvalue weighted by Crippen LogP contribution is -2.30. The molecule has 21 heavy (non-hydrogen) atoms. The standard InChI is InChI=1S/C15H19N3O3/c1-9-6-7-11(8-10(9)2)16-15-17-14-12(18(19)20)4-3-5-13(14)21-15/h3-5,9-11H,6-8H2,1-2H3,(H,16,17). The maximum Gasteiger partial charge on any atom is 0.298 e. The van der Waals surface area contributed by atoms with Crippen LogP contribution >= 0.6 is 0 Å². The third-order valence-corrected chi connectivity index (χ3v) is 4.52. The lowest BCUT2D eigenvalue weighted by Gasteiger charge is -2.32. The highest BCUT2D eigenvalue weighted by molar-refractivity contribution is 5.84. The number of nitro groups is 1. The average Bonchev–Trinajstić information content (AvgIpc) is 2.84. The van der Waals surface area contributed by atoms with Gasteiger partial charge in [0.1, 0.15) is 0 Å². The molecule has 1 aromatic heterocycles. The highest BCUT2D eigenvalue weighted by Crippen LogP contribution is 2.32. The fourth-order valence-corrected chi connectivity index (χ4v) is 3.00. The lowest BCUT2D eigenvalue weighted by molar-refractivity contribution is -0.383. The number of oxazole rings is 1. The maximum absolute atomic E-state index is 11.0. The molecule has 0 amide bonds. The first-order valence-electron chi connectivity index (χ1n) is 7.35. The van der Waals surface area contributed by atoms with Crippen molar-refractivity contribution in [1.29, 1.82) is 0 Å². The second kappa shape index (κ2) is 5.35. The van der Waals surface area contributed by atoms with Crippen LogP contribution in [0, 0.1) is 22.0 Å². The van der Waals surface area contributed by atoms with E-state index in [1.54, 1.807) is 12.1 Å². The molecule has 0 aliphatic heterocycles. The number of anilines is 1. The van der Waals surface area contributed by atoms with Gasteiger partial charge in [-0.25, -0.2) is 0 Å². The van der Waals surface area contributed by atoms with Gasteiger partial charge in [0.15, 0.2) is 11.1 Å². The minimum Gasteiger partial charge on any atom is -0.423 e.